The predicted molar refractivity (Wildman–Crippen MR) is 112 cm³/mol. The molecule has 0 saturated heterocycles. The van der Waals surface area contributed by atoms with Gasteiger partial charge in [0.1, 0.15) is 27.0 Å². The Hall–Kier alpha value is -3.05. The third-order valence-corrected chi connectivity index (χ3v) is 8.54. The van der Waals surface area contributed by atoms with Crippen LogP contribution >= 0.6 is 11.3 Å². The minimum Gasteiger partial charge on any atom is -0.460 e. The molecule has 2 aliphatic heterocycles. The molecule has 5 rings (SSSR count). The van der Waals surface area contributed by atoms with E-state index in [9.17, 15) is 22.8 Å². The first-order chi connectivity index (χ1) is 14.8. The third kappa shape index (κ3) is 2.91. The standard InChI is InChI=1S/C20H17N3O6S2/c1-11-15-17(21-14-7-4-8-22(14)19(15)25)30-16(11)20(26)29-10-9-23-18(24)12-5-2-3-6-13(12)31(23,27)28/h2-3,5-6H,4,7-10H2,1H3. The number of hydrogen-bond donors (Lipinski definition) is 0. The molecule has 0 unspecified atom stereocenters. The van der Waals surface area contributed by atoms with Gasteiger partial charge in [0.15, 0.2) is 0 Å². The summed E-state index contributed by atoms with van der Waals surface area (Å²) in [6.45, 7) is 1.70. The largest absolute Gasteiger partial charge is 0.460 e. The lowest BCUT2D eigenvalue weighted by Gasteiger charge is -2.14. The van der Waals surface area contributed by atoms with E-state index in [1.54, 1.807) is 23.6 Å². The van der Waals surface area contributed by atoms with E-state index < -0.39 is 21.9 Å². The molecule has 3 aromatic rings. The number of aryl methyl sites for hydroxylation is 2. The fourth-order valence-corrected chi connectivity index (χ4v) is 6.65. The van der Waals surface area contributed by atoms with Crippen molar-refractivity contribution in [2.75, 3.05) is 13.2 Å². The van der Waals surface area contributed by atoms with Crippen molar-refractivity contribution >= 4 is 43.5 Å². The van der Waals surface area contributed by atoms with Crippen LogP contribution < -0.4 is 5.56 Å². The zero-order valence-electron chi connectivity index (χ0n) is 16.5. The van der Waals surface area contributed by atoms with E-state index in [1.807, 2.05) is 0 Å². The molecule has 9 nitrogen and oxygen atoms in total. The first kappa shape index (κ1) is 19.9. The Labute approximate surface area is 180 Å². The van der Waals surface area contributed by atoms with Gasteiger partial charge in [-0.05, 0) is 31.0 Å². The number of carbonyl (C=O) groups is 2. The number of thiophene rings is 1. The maximum absolute atomic E-state index is 12.7. The number of esters is 1. The highest BCUT2D eigenvalue weighted by Gasteiger charge is 2.40. The molecule has 0 radical (unpaired) electrons. The van der Waals surface area contributed by atoms with Gasteiger partial charge in [-0.25, -0.2) is 22.5 Å². The van der Waals surface area contributed by atoms with Gasteiger partial charge in [-0.1, -0.05) is 12.1 Å². The second-order valence-corrected chi connectivity index (χ2v) is 10.2. The van der Waals surface area contributed by atoms with E-state index in [4.69, 9.17) is 4.74 Å². The van der Waals surface area contributed by atoms with Crippen LogP contribution in [0.1, 0.15) is 37.8 Å². The second kappa shape index (κ2) is 6.99. The molecule has 0 bridgehead atoms. The third-order valence-electron chi connectivity index (χ3n) is 5.54. The highest BCUT2D eigenvalue weighted by atomic mass is 32.2. The summed E-state index contributed by atoms with van der Waals surface area (Å²) in [6.07, 6.45) is 1.60. The number of fused-ring (bicyclic) bond motifs is 3. The van der Waals surface area contributed by atoms with Crippen LogP contribution in [0.5, 0.6) is 0 Å². The van der Waals surface area contributed by atoms with Gasteiger partial charge in [0.25, 0.3) is 21.5 Å². The van der Waals surface area contributed by atoms with Gasteiger partial charge in [-0.3, -0.25) is 14.2 Å². The van der Waals surface area contributed by atoms with Crippen molar-refractivity contribution in [1.82, 2.24) is 13.9 Å². The Bertz CT molecular complexity index is 1440. The zero-order valence-corrected chi connectivity index (χ0v) is 18.1. The molecule has 4 heterocycles. The maximum atomic E-state index is 12.7. The average Bonchev–Trinajstić information content (AvgIpc) is 3.39. The summed E-state index contributed by atoms with van der Waals surface area (Å²) < 4.78 is 32.7. The molecule has 0 atom stereocenters. The van der Waals surface area contributed by atoms with Crippen molar-refractivity contribution in [1.29, 1.82) is 0 Å². The van der Waals surface area contributed by atoms with Gasteiger partial charge in [-0.2, -0.15) is 0 Å². The van der Waals surface area contributed by atoms with E-state index in [0.717, 1.165) is 30.0 Å². The van der Waals surface area contributed by atoms with Crippen molar-refractivity contribution in [2.24, 2.45) is 0 Å². The van der Waals surface area contributed by atoms with E-state index in [-0.39, 0.29) is 34.0 Å². The second-order valence-electron chi connectivity index (χ2n) is 7.34. The summed E-state index contributed by atoms with van der Waals surface area (Å²) >= 11 is 1.09. The first-order valence-corrected chi connectivity index (χ1v) is 11.9. The van der Waals surface area contributed by atoms with Gasteiger partial charge in [0.05, 0.1) is 17.5 Å². The zero-order chi connectivity index (χ0) is 21.9. The Kier molecular flexibility index (Phi) is 4.48. The van der Waals surface area contributed by atoms with Crippen LogP contribution in [0.25, 0.3) is 10.2 Å². The molecule has 160 valence electrons. The quantitative estimate of drug-likeness (QED) is 0.546. The van der Waals surface area contributed by atoms with Crippen LogP contribution in [-0.2, 0) is 27.7 Å². The average molecular weight is 460 g/mol. The normalized spacial score (nSPS) is 16.5. The minimum atomic E-state index is -3.96. The number of aromatic nitrogens is 2. The molecule has 1 amide bonds. The molecule has 0 spiro atoms. The van der Waals surface area contributed by atoms with Gasteiger partial charge in [-0.15, -0.1) is 11.3 Å². The number of nitrogens with zero attached hydrogens (tertiary/aromatic N) is 3. The molecular formula is C20H17N3O6S2. The molecule has 31 heavy (non-hydrogen) atoms. The summed E-state index contributed by atoms with van der Waals surface area (Å²) in [4.78, 5) is 43.0. The molecule has 2 aromatic heterocycles. The lowest BCUT2D eigenvalue weighted by atomic mass is 10.2. The van der Waals surface area contributed by atoms with E-state index in [2.05, 4.69) is 4.98 Å². The molecule has 0 saturated carbocycles. The summed E-state index contributed by atoms with van der Waals surface area (Å²) in [5.41, 5.74) is 0.451. The number of amides is 1. The van der Waals surface area contributed by atoms with E-state index in [1.165, 1.54) is 12.1 Å². The minimum absolute atomic E-state index is 0.0497. The predicted octanol–water partition coefficient (Wildman–Crippen LogP) is 1.71. The van der Waals surface area contributed by atoms with Crippen molar-refractivity contribution < 1.29 is 22.7 Å². The Balaban J connectivity index is 1.35. The summed E-state index contributed by atoms with van der Waals surface area (Å²) in [7, 11) is -3.96. The van der Waals surface area contributed by atoms with Crippen molar-refractivity contribution in [3.05, 3.63) is 56.4 Å². The lowest BCUT2D eigenvalue weighted by molar-refractivity contribution is 0.0482. The number of carbonyl (C=O) groups excluding carboxylic acids is 2. The molecular weight excluding hydrogens is 442 g/mol. The van der Waals surface area contributed by atoms with Crippen LogP contribution in [-0.4, -0.2) is 47.3 Å². The topological polar surface area (TPSA) is 116 Å². The van der Waals surface area contributed by atoms with E-state index >= 15 is 0 Å². The number of hydrogen-bond acceptors (Lipinski definition) is 8. The summed E-state index contributed by atoms with van der Waals surface area (Å²) in [5, 5.41) is 0.412. The molecule has 0 N–H and O–H groups in total. The molecule has 0 aliphatic carbocycles. The molecule has 0 fully saturated rings. The maximum Gasteiger partial charge on any atom is 0.348 e. The highest BCUT2D eigenvalue weighted by molar-refractivity contribution is 7.90. The Morgan fingerprint density at radius 3 is 2.81 bits per heavy atom. The van der Waals surface area contributed by atoms with Crippen LogP contribution in [0.4, 0.5) is 0 Å². The number of sulfonamides is 1. The Morgan fingerprint density at radius 2 is 2.03 bits per heavy atom. The first-order valence-electron chi connectivity index (χ1n) is 9.66. The number of rotatable bonds is 4. The van der Waals surface area contributed by atoms with Gasteiger partial charge in [0, 0.05) is 13.0 Å². The molecule has 1 aromatic carbocycles. The van der Waals surface area contributed by atoms with Crippen LogP contribution in [0.15, 0.2) is 34.0 Å². The van der Waals surface area contributed by atoms with Crippen molar-refractivity contribution in [3.8, 4) is 0 Å². The lowest BCUT2D eigenvalue weighted by Crippen LogP contribution is -2.33. The van der Waals surface area contributed by atoms with Crippen molar-refractivity contribution in [2.45, 2.75) is 31.2 Å². The van der Waals surface area contributed by atoms with E-state index in [0.29, 0.717) is 26.6 Å². The van der Waals surface area contributed by atoms with Crippen LogP contribution in [0.2, 0.25) is 0 Å². The highest BCUT2D eigenvalue weighted by Crippen LogP contribution is 2.31. The fourth-order valence-electron chi connectivity index (χ4n) is 4.01. The molecule has 2 aliphatic rings. The smallest absolute Gasteiger partial charge is 0.348 e. The van der Waals surface area contributed by atoms with Crippen molar-refractivity contribution in [3.63, 3.8) is 0 Å². The van der Waals surface area contributed by atoms with Gasteiger partial charge < -0.3 is 4.74 Å². The number of benzene rings is 1. The van der Waals surface area contributed by atoms with Crippen LogP contribution in [0.3, 0.4) is 0 Å². The summed E-state index contributed by atoms with van der Waals surface area (Å²) in [6, 6.07) is 5.96. The Morgan fingerprint density at radius 1 is 1.26 bits per heavy atom. The molecule has 11 heteroatoms. The fraction of sp³-hybridized carbons (Fsp3) is 0.300. The SMILES string of the molecule is Cc1c(C(=O)OCCN2C(=O)c3ccccc3S2(=O)=O)sc2nc3n(c(=O)c12)CCC3. The van der Waals surface area contributed by atoms with Gasteiger partial charge in [0.2, 0.25) is 0 Å². The van der Waals surface area contributed by atoms with Crippen LogP contribution in [0, 0.1) is 6.92 Å². The monoisotopic (exact) mass is 459 g/mol. The van der Waals surface area contributed by atoms with Gasteiger partial charge >= 0.3 is 5.97 Å². The number of ether oxygens (including phenoxy) is 1. The summed E-state index contributed by atoms with van der Waals surface area (Å²) in [5.74, 6) is -0.598.